The molecule has 26 heavy (non-hydrogen) atoms. The van der Waals surface area contributed by atoms with Crippen molar-refractivity contribution < 1.29 is 17.6 Å². The summed E-state index contributed by atoms with van der Waals surface area (Å²) in [6, 6.07) is 9.99. The molecule has 8 nitrogen and oxygen atoms in total. The molecule has 0 spiro atoms. The SMILES string of the molecule is CN=C(NCCc1ccc(S(C)(=O)=O)cc1)NCc1ccc(C(N)=O)o1. The Bertz CT molecular complexity index is 886. The van der Waals surface area contributed by atoms with E-state index in [2.05, 4.69) is 15.6 Å². The van der Waals surface area contributed by atoms with Crippen LogP contribution in [-0.4, -0.2) is 40.1 Å². The number of hydrogen-bond acceptors (Lipinski definition) is 5. The standard InChI is InChI=1S/C17H22N4O4S/c1-19-17(21-11-13-5-8-15(25-13)16(18)22)20-10-9-12-3-6-14(7-4-12)26(2,23)24/h3-8H,9-11H2,1-2H3,(H2,18,22)(H2,19,20,21). The molecule has 9 heteroatoms. The van der Waals surface area contributed by atoms with E-state index in [9.17, 15) is 13.2 Å². The van der Waals surface area contributed by atoms with Crippen LogP contribution in [0.25, 0.3) is 0 Å². The van der Waals surface area contributed by atoms with Gasteiger partial charge in [-0.1, -0.05) is 12.1 Å². The Morgan fingerprint density at radius 1 is 1.15 bits per heavy atom. The first-order chi connectivity index (χ1) is 12.3. The fourth-order valence-corrected chi connectivity index (χ4v) is 2.86. The van der Waals surface area contributed by atoms with Crippen LogP contribution in [-0.2, 0) is 22.8 Å². The maximum absolute atomic E-state index is 11.4. The largest absolute Gasteiger partial charge is 0.454 e. The van der Waals surface area contributed by atoms with Gasteiger partial charge < -0.3 is 20.8 Å². The third-order valence-corrected chi connectivity index (χ3v) is 4.74. The van der Waals surface area contributed by atoms with E-state index in [4.69, 9.17) is 10.2 Å². The van der Waals surface area contributed by atoms with Crippen LogP contribution in [0.3, 0.4) is 0 Å². The van der Waals surface area contributed by atoms with E-state index in [1.807, 2.05) is 0 Å². The van der Waals surface area contributed by atoms with Crippen LogP contribution < -0.4 is 16.4 Å². The highest BCUT2D eigenvalue weighted by molar-refractivity contribution is 7.90. The van der Waals surface area contributed by atoms with Crippen molar-refractivity contribution in [1.29, 1.82) is 0 Å². The Labute approximate surface area is 152 Å². The highest BCUT2D eigenvalue weighted by Crippen LogP contribution is 2.10. The molecule has 0 aliphatic heterocycles. The summed E-state index contributed by atoms with van der Waals surface area (Å²) in [6.45, 7) is 0.971. The Balaban J connectivity index is 1.80. The van der Waals surface area contributed by atoms with E-state index >= 15 is 0 Å². The molecule has 0 atom stereocenters. The minimum absolute atomic E-state index is 0.113. The lowest BCUT2D eigenvalue weighted by Gasteiger charge is -2.11. The van der Waals surface area contributed by atoms with Gasteiger partial charge in [-0.25, -0.2) is 8.42 Å². The van der Waals surface area contributed by atoms with Gasteiger partial charge in [0.2, 0.25) is 0 Å². The summed E-state index contributed by atoms with van der Waals surface area (Å²) >= 11 is 0. The average Bonchev–Trinajstić information content (AvgIpc) is 3.07. The summed E-state index contributed by atoms with van der Waals surface area (Å²) in [6.07, 6.45) is 1.89. The van der Waals surface area contributed by atoms with Crippen molar-refractivity contribution in [2.45, 2.75) is 17.9 Å². The molecule has 2 aromatic rings. The van der Waals surface area contributed by atoms with Crippen LogP contribution in [0, 0.1) is 0 Å². The molecule has 0 aliphatic rings. The fraction of sp³-hybridized carbons (Fsp3) is 0.294. The second-order valence-electron chi connectivity index (χ2n) is 5.65. The van der Waals surface area contributed by atoms with Crippen molar-refractivity contribution >= 4 is 21.7 Å². The van der Waals surface area contributed by atoms with Crippen molar-refractivity contribution in [3.63, 3.8) is 0 Å². The van der Waals surface area contributed by atoms with Gasteiger partial charge in [-0.3, -0.25) is 9.79 Å². The molecule has 140 valence electrons. The highest BCUT2D eigenvalue weighted by Gasteiger charge is 2.08. The minimum Gasteiger partial charge on any atom is -0.454 e. The number of guanidine groups is 1. The highest BCUT2D eigenvalue weighted by atomic mass is 32.2. The number of primary amides is 1. The lowest BCUT2D eigenvalue weighted by Crippen LogP contribution is -2.37. The topological polar surface area (TPSA) is 127 Å². The molecule has 1 aromatic carbocycles. The number of aliphatic imine (C=N–C) groups is 1. The van der Waals surface area contributed by atoms with E-state index in [0.29, 0.717) is 36.1 Å². The Kier molecular flexibility index (Phi) is 6.40. The van der Waals surface area contributed by atoms with Crippen LogP contribution in [0.4, 0.5) is 0 Å². The first kappa shape index (κ1) is 19.5. The van der Waals surface area contributed by atoms with Gasteiger partial charge in [-0.05, 0) is 36.2 Å². The molecular formula is C17H22N4O4S. The Morgan fingerprint density at radius 3 is 2.38 bits per heavy atom. The number of sulfone groups is 1. The van der Waals surface area contributed by atoms with Crippen molar-refractivity contribution in [3.8, 4) is 0 Å². The number of nitrogens with one attached hydrogen (secondary N) is 2. The number of furan rings is 1. The molecule has 0 bridgehead atoms. The predicted octanol–water partition coefficient (Wildman–Crippen LogP) is 0.690. The van der Waals surface area contributed by atoms with E-state index in [1.54, 1.807) is 37.4 Å². The summed E-state index contributed by atoms with van der Waals surface area (Å²) < 4.78 is 28.2. The zero-order valence-corrected chi connectivity index (χ0v) is 15.5. The third-order valence-electron chi connectivity index (χ3n) is 3.62. The lowest BCUT2D eigenvalue weighted by molar-refractivity contribution is 0.0972. The molecule has 0 saturated carbocycles. The Hall–Kier alpha value is -2.81. The third kappa shape index (κ3) is 5.62. The molecule has 0 saturated heterocycles. The predicted molar refractivity (Wildman–Crippen MR) is 98.7 cm³/mol. The van der Waals surface area contributed by atoms with E-state index in [0.717, 1.165) is 5.56 Å². The smallest absolute Gasteiger partial charge is 0.284 e. The number of nitrogens with zero attached hydrogens (tertiary/aromatic N) is 1. The number of rotatable bonds is 7. The Morgan fingerprint density at radius 2 is 1.85 bits per heavy atom. The van der Waals surface area contributed by atoms with Gasteiger partial charge in [0.25, 0.3) is 5.91 Å². The first-order valence-electron chi connectivity index (χ1n) is 7.91. The number of carbonyl (C=O) groups is 1. The maximum atomic E-state index is 11.4. The average molecular weight is 378 g/mol. The minimum atomic E-state index is -3.18. The van der Waals surface area contributed by atoms with Crippen molar-refractivity contribution in [3.05, 3.63) is 53.5 Å². The number of nitrogens with two attached hydrogens (primary N) is 1. The van der Waals surface area contributed by atoms with E-state index in [-0.39, 0.29) is 5.76 Å². The zero-order valence-electron chi connectivity index (χ0n) is 14.7. The number of benzene rings is 1. The van der Waals surface area contributed by atoms with Crippen LogP contribution in [0.15, 0.2) is 50.7 Å². The quantitative estimate of drug-likeness (QED) is 0.481. The summed E-state index contributed by atoms with van der Waals surface area (Å²) in [5.74, 6) is 0.649. The molecule has 1 amide bonds. The first-order valence-corrected chi connectivity index (χ1v) is 9.81. The van der Waals surface area contributed by atoms with Gasteiger partial charge in [0, 0.05) is 19.8 Å². The summed E-state index contributed by atoms with van der Waals surface area (Å²) in [7, 11) is -1.53. The molecular weight excluding hydrogens is 356 g/mol. The summed E-state index contributed by atoms with van der Waals surface area (Å²) in [4.78, 5) is 15.4. The molecule has 0 unspecified atom stereocenters. The van der Waals surface area contributed by atoms with Crippen molar-refractivity contribution in [2.75, 3.05) is 19.8 Å². The molecule has 1 heterocycles. The molecule has 2 rings (SSSR count). The molecule has 0 fully saturated rings. The van der Waals surface area contributed by atoms with Gasteiger partial charge in [0.05, 0.1) is 11.4 Å². The lowest BCUT2D eigenvalue weighted by atomic mass is 10.1. The second-order valence-corrected chi connectivity index (χ2v) is 7.66. The van der Waals surface area contributed by atoms with Crippen molar-refractivity contribution in [2.24, 2.45) is 10.7 Å². The van der Waals surface area contributed by atoms with Crippen LogP contribution in [0.2, 0.25) is 0 Å². The van der Waals surface area contributed by atoms with E-state index in [1.165, 1.54) is 12.3 Å². The monoisotopic (exact) mass is 378 g/mol. The molecule has 0 aliphatic carbocycles. The van der Waals surface area contributed by atoms with Gasteiger partial charge in [0.1, 0.15) is 5.76 Å². The van der Waals surface area contributed by atoms with Gasteiger partial charge in [-0.2, -0.15) is 0 Å². The summed E-state index contributed by atoms with van der Waals surface area (Å²) in [5, 5.41) is 6.22. The van der Waals surface area contributed by atoms with Crippen LogP contribution >= 0.6 is 0 Å². The molecule has 0 radical (unpaired) electrons. The normalized spacial score (nSPS) is 12.0. The van der Waals surface area contributed by atoms with Gasteiger partial charge in [0.15, 0.2) is 21.6 Å². The van der Waals surface area contributed by atoms with Crippen LogP contribution in [0.5, 0.6) is 0 Å². The van der Waals surface area contributed by atoms with Gasteiger partial charge >= 0.3 is 0 Å². The van der Waals surface area contributed by atoms with E-state index < -0.39 is 15.7 Å². The van der Waals surface area contributed by atoms with Crippen molar-refractivity contribution in [1.82, 2.24) is 10.6 Å². The van der Waals surface area contributed by atoms with Gasteiger partial charge in [-0.15, -0.1) is 0 Å². The molecule has 1 aromatic heterocycles. The van der Waals surface area contributed by atoms with Crippen LogP contribution in [0.1, 0.15) is 21.9 Å². The molecule has 4 N–H and O–H groups in total. The second kappa shape index (κ2) is 8.52. The number of hydrogen-bond donors (Lipinski definition) is 3. The maximum Gasteiger partial charge on any atom is 0.284 e. The fourth-order valence-electron chi connectivity index (χ4n) is 2.23. The number of amides is 1. The zero-order chi connectivity index (χ0) is 19.2. The summed E-state index contributed by atoms with van der Waals surface area (Å²) in [5.41, 5.74) is 6.15. The number of carbonyl (C=O) groups excluding carboxylic acids is 1.